The molecule has 0 amide bonds. The smallest absolute Gasteiger partial charge is 0.304 e. The summed E-state index contributed by atoms with van der Waals surface area (Å²) in [7, 11) is -2.38. The molecular formula is C12H18N2O4S. The number of hydrogen-bond donors (Lipinski definition) is 2. The number of aliphatic carboxylic acids is 1. The number of carbonyl (C=O) groups is 1. The fraction of sp³-hybridized carbons (Fsp3) is 0.417. The van der Waals surface area contributed by atoms with E-state index in [1.165, 1.54) is 7.05 Å². The molecule has 6 nitrogen and oxygen atoms in total. The monoisotopic (exact) mass is 286 g/mol. The van der Waals surface area contributed by atoms with E-state index >= 15 is 0 Å². The lowest BCUT2D eigenvalue weighted by atomic mass is 10.1. The van der Waals surface area contributed by atoms with Gasteiger partial charge in [-0.05, 0) is 31.0 Å². The van der Waals surface area contributed by atoms with E-state index in [2.05, 4.69) is 4.72 Å². The summed E-state index contributed by atoms with van der Waals surface area (Å²) in [6.07, 6.45) is -0.232. The van der Waals surface area contributed by atoms with E-state index in [9.17, 15) is 13.2 Å². The molecule has 0 aliphatic rings. The van der Waals surface area contributed by atoms with Gasteiger partial charge >= 0.3 is 16.2 Å². The van der Waals surface area contributed by atoms with E-state index in [0.717, 1.165) is 15.4 Å². The van der Waals surface area contributed by atoms with Crippen molar-refractivity contribution in [3.8, 4) is 0 Å². The molecule has 0 aliphatic carbocycles. The summed E-state index contributed by atoms with van der Waals surface area (Å²) >= 11 is 0. The highest BCUT2D eigenvalue weighted by Gasteiger charge is 2.19. The molecular weight excluding hydrogens is 268 g/mol. The summed E-state index contributed by atoms with van der Waals surface area (Å²) in [5.74, 6) is -1.03. The lowest BCUT2D eigenvalue weighted by molar-refractivity contribution is -0.137. The van der Waals surface area contributed by atoms with Gasteiger partial charge in [0.15, 0.2) is 0 Å². The molecule has 1 aromatic carbocycles. The van der Waals surface area contributed by atoms with Crippen molar-refractivity contribution in [3.63, 3.8) is 0 Å². The van der Waals surface area contributed by atoms with E-state index in [4.69, 9.17) is 5.11 Å². The topological polar surface area (TPSA) is 86.7 Å². The van der Waals surface area contributed by atoms with Crippen molar-refractivity contribution in [2.45, 2.75) is 20.3 Å². The van der Waals surface area contributed by atoms with Gasteiger partial charge in [0.05, 0.1) is 12.1 Å². The molecule has 0 unspecified atom stereocenters. The van der Waals surface area contributed by atoms with Gasteiger partial charge in [0.25, 0.3) is 0 Å². The maximum atomic E-state index is 12.0. The van der Waals surface area contributed by atoms with Crippen molar-refractivity contribution < 1.29 is 18.3 Å². The number of nitrogens with zero attached hydrogens (tertiary/aromatic N) is 1. The van der Waals surface area contributed by atoms with E-state index in [0.29, 0.717) is 5.69 Å². The fourth-order valence-corrected chi connectivity index (χ4v) is 2.44. The van der Waals surface area contributed by atoms with Crippen LogP contribution in [0.3, 0.4) is 0 Å². The first-order chi connectivity index (χ1) is 8.74. The van der Waals surface area contributed by atoms with Crippen LogP contribution in [0.15, 0.2) is 18.2 Å². The Bertz CT molecular complexity index is 569. The molecule has 2 N–H and O–H groups in total. The van der Waals surface area contributed by atoms with E-state index in [-0.39, 0.29) is 13.0 Å². The van der Waals surface area contributed by atoms with Crippen LogP contribution in [0.2, 0.25) is 0 Å². The van der Waals surface area contributed by atoms with Crippen LogP contribution in [0.25, 0.3) is 0 Å². The van der Waals surface area contributed by atoms with E-state index in [1.54, 1.807) is 12.1 Å². The van der Waals surface area contributed by atoms with Gasteiger partial charge in [-0.3, -0.25) is 9.52 Å². The maximum absolute atomic E-state index is 12.0. The Morgan fingerprint density at radius 3 is 2.58 bits per heavy atom. The lowest BCUT2D eigenvalue weighted by Gasteiger charge is -2.19. The number of benzene rings is 1. The molecule has 0 aliphatic heterocycles. The van der Waals surface area contributed by atoms with Gasteiger partial charge in [0, 0.05) is 13.6 Å². The second-order valence-corrected chi connectivity index (χ2v) is 6.10. The molecule has 0 spiro atoms. The first-order valence-corrected chi connectivity index (χ1v) is 7.20. The molecule has 0 bridgehead atoms. The average Bonchev–Trinajstić information content (AvgIpc) is 2.31. The number of hydrogen-bond acceptors (Lipinski definition) is 3. The molecule has 1 rings (SSSR count). The predicted octanol–water partition coefficient (Wildman–Crippen LogP) is 1.37. The van der Waals surface area contributed by atoms with Gasteiger partial charge in [-0.2, -0.15) is 12.7 Å². The van der Waals surface area contributed by atoms with Gasteiger partial charge in [-0.25, -0.2) is 0 Å². The second kappa shape index (κ2) is 6.03. The van der Waals surface area contributed by atoms with Crippen LogP contribution in [-0.4, -0.2) is 37.4 Å². The molecule has 0 saturated carbocycles. The van der Waals surface area contributed by atoms with Crippen molar-refractivity contribution in [1.82, 2.24) is 4.31 Å². The van der Waals surface area contributed by atoms with Gasteiger partial charge in [-0.15, -0.1) is 0 Å². The van der Waals surface area contributed by atoms with Crippen LogP contribution in [0.4, 0.5) is 5.69 Å². The van der Waals surface area contributed by atoms with Crippen LogP contribution < -0.4 is 4.72 Å². The van der Waals surface area contributed by atoms with Gasteiger partial charge in [-0.1, -0.05) is 12.1 Å². The molecule has 1 aromatic rings. The van der Waals surface area contributed by atoms with Crippen molar-refractivity contribution in [3.05, 3.63) is 29.3 Å². The number of aryl methyl sites for hydroxylation is 1. The third kappa shape index (κ3) is 4.22. The van der Waals surface area contributed by atoms with E-state index < -0.39 is 16.2 Å². The minimum atomic E-state index is -3.73. The first kappa shape index (κ1) is 15.5. The lowest BCUT2D eigenvalue weighted by Crippen LogP contribution is -2.34. The number of carboxylic acid groups (broad SMARTS) is 1. The average molecular weight is 286 g/mol. The van der Waals surface area contributed by atoms with Crippen LogP contribution in [0.1, 0.15) is 17.5 Å². The molecule has 106 valence electrons. The van der Waals surface area contributed by atoms with Crippen LogP contribution >= 0.6 is 0 Å². The summed E-state index contributed by atoms with van der Waals surface area (Å²) < 4.78 is 27.4. The van der Waals surface area contributed by atoms with Crippen molar-refractivity contribution in [2.75, 3.05) is 18.3 Å². The maximum Gasteiger partial charge on any atom is 0.304 e. The van der Waals surface area contributed by atoms with Crippen LogP contribution in [0.5, 0.6) is 0 Å². The Morgan fingerprint density at radius 1 is 1.37 bits per heavy atom. The standard InChI is InChI=1S/C12H18N2O4S/c1-9-5-4-6-11(10(9)2)13-19(17,18)14(3)8-7-12(15)16/h4-6,13H,7-8H2,1-3H3,(H,15,16). The Hall–Kier alpha value is -1.60. The molecule has 19 heavy (non-hydrogen) atoms. The first-order valence-electron chi connectivity index (χ1n) is 5.76. The molecule has 0 atom stereocenters. The van der Waals surface area contributed by atoms with Crippen molar-refractivity contribution in [2.24, 2.45) is 0 Å². The predicted molar refractivity (Wildman–Crippen MR) is 73.3 cm³/mol. The Balaban J connectivity index is 2.84. The quantitative estimate of drug-likeness (QED) is 0.827. The zero-order valence-corrected chi connectivity index (χ0v) is 12.0. The molecule has 0 fully saturated rings. The van der Waals surface area contributed by atoms with Crippen molar-refractivity contribution >= 4 is 21.9 Å². The number of rotatable bonds is 6. The molecule has 0 aromatic heterocycles. The zero-order valence-electron chi connectivity index (χ0n) is 11.2. The summed E-state index contributed by atoms with van der Waals surface area (Å²) in [6.45, 7) is 3.64. The Kier molecular flexibility index (Phi) is 4.90. The number of anilines is 1. The fourth-order valence-electron chi connectivity index (χ4n) is 1.45. The minimum absolute atomic E-state index is 0.0739. The summed E-state index contributed by atoms with van der Waals surface area (Å²) in [6, 6.07) is 5.32. The largest absolute Gasteiger partial charge is 0.481 e. The minimum Gasteiger partial charge on any atom is -0.481 e. The van der Waals surface area contributed by atoms with Gasteiger partial charge in [0.1, 0.15) is 0 Å². The highest BCUT2D eigenvalue weighted by atomic mass is 32.2. The SMILES string of the molecule is Cc1cccc(NS(=O)(=O)N(C)CCC(=O)O)c1C. The highest BCUT2D eigenvalue weighted by molar-refractivity contribution is 7.90. The van der Waals surface area contributed by atoms with Crippen LogP contribution in [-0.2, 0) is 15.0 Å². The summed E-state index contributed by atoms with van der Waals surface area (Å²) in [5.41, 5.74) is 2.33. The highest BCUT2D eigenvalue weighted by Crippen LogP contribution is 2.19. The van der Waals surface area contributed by atoms with E-state index in [1.807, 2.05) is 19.9 Å². The number of nitrogens with one attached hydrogen (secondary N) is 1. The second-order valence-electron chi connectivity index (χ2n) is 4.32. The van der Waals surface area contributed by atoms with Crippen molar-refractivity contribution in [1.29, 1.82) is 0 Å². The van der Waals surface area contributed by atoms with Gasteiger partial charge < -0.3 is 5.11 Å². The summed E-state index contributed by atoms with van der Waals surface area (Å²) in [4.78, 5) is 10.4. The third-order valence-corrected chi connectivity index (χ3v) is 4.38. The number of carboxylic acids is 1. The normalized spacial score (nSPS) is 11.6. The Labute approximate surface area is 113 Å². The van der Waals surface area contributed by atoms with Crippen LogP contribution in [0, 0.1) is 13.8 Å². The van der Waals surface area contributed by atoms with Gasteiger partial charge in [0.2, 0.25) is 0 Å². The zero-order chi connectivity index (χ0) is 14.6. The molecule has 0 saturated heterocycles. The summed E-state index contributed by atoms with van der Waals surface area (Å²) in [5, 5.41) is 8.56. The molecule has 0 radical (unpaired) electrons. The molecule has 7 heteroatoms. The third-order valence-electron chi connectivity index (χ3n) is 2.89. The molecule has 0 heterocycles. The Morgan fingerprint density at radius 2 is 2.00 bits per heavy atom.